The third-order valence-electron chi connectivity index (χ3n) is 3.42. The van der Waals surface area contributed by atoms with Gasteiger partial charge in [0.25, 0.3) is 0 Å². The van der Waals surface area contributed by atoms with E-state index in [9.17, 15) is 9.59 Å². The number of benzene rings is 2. The summed E-state index contributed by atoms with van der Waals surface area (Å²) in [5.74, 6) is -0.491. The number of carbonyl (C=O) groups excluding carboxylic acids is 2. The number of aliphatic imine (C=N–C) groups is 1. The standard InChI is InChI=1S/C19H13N3O3/c1-12(23)21-16-8-6-15(7-9-16)18-22-17(19(24)25-18)10-13-2-4-14(11-20)5-3-13/h2-10H,1H3,(H,21,23)/b17-10+. The maximum absolute atomic E-state index is 12.0. The second-order valence-electron chi connectivity index (χ2n) is 5.33. The molecule has 25 heavy (non-hydrogen) atoms. The van der Waals surface area contributed by atoms with Crippen LogP contribution < -0.4 is 5.32 Å². The molecule has 0 aromatic heterocycles. The molecule has 1 aliphatic rings. The first-order valence-electron chi connectivity index (χ1n) is 7.46. The zero-order valence-electron chi connectivity index (χ0n) is 13.3. The molecule has 0 fully saturated rings. The Bertz CT molecular complexity index is 933. The SMILES string of the molecule is CC(=O)Nc1ccc(C2=N/C(=C/c3ccc(C#N)cc3)C(=O)O2)cc1. The number of nitriles is 1. The van der Waals surface area contributed by atoms with Gasteiger partial charge in [-0.25, -0.2) is 9.79 Å². The van der Waals surface area contributed by atoms with Gasteiger partial charge >= 0.3 is 5.97 Å². The number of nitrogens with zero attached hydrogens (tertiary/aromatic N) is 2. The maximum Gasteiger partial charge on any atom is 0.363 e. The van der Waals surface area contributed by atoms with Gasteiger partial charge in [-0.3, -0.25) is 4.79 Å². The minimum Gasteiger partial charge on any atom is -0.402 e. The quantitative estimate of drug-likeness (QED) is 0.691. The molecule has 1 N–H and O–H groups in total. The van der Waals surface area contributed by atoms with Crippen LogP contribution in [0.15, 0.2) is 59.2 Å². The van der Waals surface area contributed by atoms with Gasteiger partial charge in [0.05, 0.1) is 11.6 Å². The number of ether oxygens (including phenoxy) is 1. The van der Waals surface area contributed by atoms with Gasteiger partial charge in [-0.15, -0.1) is 0 Å². The van der Waals surface area contributed by atoms with Gasteiger partial charge in [0.15, 0.2) is 5.70 Å². The molecule has 1 heterocycles. The first kappa shape index (κ1) is 16.1. The molecule has 0 atom stereocenters. The largest absolute Gasteiger partial charge is 0.402 e. The van der Waals surface area contributed by atoms with E-state index >= 15 is 0 Å². The Morgan fingerprint density at radius 2 is 1.84 bits per heavy atom. The van der Waals surface area contributed by atoms with E-state index in [0.717, 1.165) is 5.56 Å². The summed E-state index contributed by atoms with van der Waals surface area (Å²) in [7, 11) is 0. The van der Waals surface area contributed by atoms with Crippen LogP contribution in [0.1, 0.15) is 23.6 Å². The summed E-state index contributed by atoms with van der Waals surface area (Å²) in [4.78, 5) is 27.2. The van der Waals surface area contributed by atoms with Gasteiger partial charge in [0.1, 0.15) is 0 Å². The van der Waals surface area contributed by atoms with Crippen molar-refractivity contribution in [3.8, 4) is 6.07 Å². The highest BCUT2D eigenvalue weighted by Crippen LogP contribution is 2.20. The lowest BCUT2D eigenvalue weighted by Gasteiger charge is -2.03. The Morgan fingerprint density at radius 1 is 1.16 bits per heavy atom. The molecule has 0 spiro atoms. The topological polar surface area (TPSA) is 91.5 Å². The molecule has 6 heteroatoms. The zero-order valence-corrected chi connectivity index (χ0v) is 13.3. The van der Waals surface area contributed by atoms with Gasteiger partial charge in [-0.05, 0) is 48.0 Å². The summed E-state index contributed by atoms with van der Waals surface area (Å²) in [6, 6.07) is 15.7. The first-order chi connectivity index (χ1) is 12.0. The van der Waals surface area contributed by atoms with E-state index in [1.165, 1.54) is 6.92 Å². The minimum absolute atomic E-state index is 0.162. The molecule has 1 amide bonds. The molecule has 122 valence electrons. The molecule has 1 aliphatic heterocycles. The van der Waals surface area contributed by atoms with E-state index in [-0.39, 0.29) is 17.5 Å². The highest BCUT2D eigenvalue weighted by atomic mass is 16.6. The Labute approximate surface area is 144 Å². The Hall–Kier alpha value is -3.72. The van der Waals surface area contributed by atoms with Gasteiger partial charge in [0.2, 0.25) is 11.8 Å². The van der Waals surface area contributed by atoms with Crippen LogP contribution >= 0.6 is 0 Å². The molecular weight excluding hydrogens is 318 g/mol. The highest BCUT2D eigenvalue weighted by Gasteiger charge is 2.24. The van der Waals surface area contributed by atoms with Gasteiger partial charge < -0.3 is 10.1 Å². The van der Waals surface area contributed by atoms with Gasteiger partial charge in [-0.2, -0.15) is 5.26 Å². The molecule has 0 aliphatic carbocycles. The number of hydrogen-bond acceptors (Lipinski definition) is 5. The second kappa shape index (κ2) is 6.81. The average Bonchev–Trinajstić information content (AvgIpc) is 2.96. The monoisotopic (exact) mass is 331 g/mol. The van der Waals surface area contributed by atoms with Crippen LogP contribution in [0.5, 0.6) is 0 Å². The average molecular weight is 331 g/mol. The molecule has 3 rings (SSSR count). The fourth-order valence-corrected chi connectivity index (χ4v) is 2.24. The number of anilines is 1. The summed E-state index contributed by atoms with van der Waals surface area (Å²) < 4.78 is 5.20. The molecular formula is C19H13N3O3. The lowest BCUT2D eigenvalue weighted by atomic mass is 10.1. The van der Waals surface area contributed by atoms with Crippen molar-refractivity contribution in [3.05, 3.63) is 70.9 Å². The number of nitrogens with one attached hydrogen (secondary N) is 1. The molecule has 0 bridgehead atoms. The fourth-order valence-electron chi connectivity index (χ4n) is 2.24. The van der Waals surface area contributed by atoms with E-state index in [2.05, 4.69) is 10.3 Å². The smallest absolute Gasteiger partial charge is 0.363 e. The molecule has 0 unspecified atom stereocenters. The molecule has 6 nitrogen and oxygen atoms in total. The Balaban J connectivity index is 1.83. The number of hydrogen-bond donors (Lipinski definition) is 1. The second-order valence-corrected chi connectivity index (χ2v) is 5.33. The lowest BCUT2D eigenvalue weighted by molar-refractivity contribution is -0.129. The van der Waals surface area contributed by atoms with Crippen molar-refractivity contribution in [2.45, 2.75) is 6.92 Å². The summed E-state index contributed by atoms with van der Waals surface area (Å²) in [6.45, 7) is 1.43. The Kier molecular flexibility index (Phi) is 4.40. The third kappa shape index (κ3) is 3.79. The molecule has 0 saturated heterocycles. The highest BCUT2D eigenvalue weighted by molar-refractivity contribution is 6.13. The first-order valence-corrected chi connectivity index (χ1v) is 7.46. The van der Waals surface area contributed by atoms with Crippen molar-refractivity contribution >= 4 is 29.5 Å². The van der Waals surface area contributed by atoms with Crippen LogP contribution in [0.2, 0.25) is 0 Å². The summed E-state index contributed by atoms with van der Waals surface area (Å²) >= 11 is 0. The van der Waals surface area contributed by atoms with E-state index in [1.54, 1.807) is 54.6 Å². The van der Waals surface area contributed by atoms with Crippen LogP contribution in [0.4, 0.5) is 5.69 Å². The minimum atomic E-state index is -0.537. The van der Waals surface area contributed by atoms with Crippen molar-refractivity contribution in [1.29, 1.82) is 5.26 Å². The Morgan fingerprint density at radius 3 is 2.44 bits per heavy atom. The summed E-state index contributed by atoms with van der Waals surface area (Å²) in [5, 5.41) is 11.5. The normalized spacial score (nSPS) is 14.6. The molecule has 2 aromatic carbocycles. The summed E-state index contributed by atoms with van der Waals surface area (Å²) in [6.07, 6.45) is 1.60. The predicted octanol–water partition coefficient (Wildman–Crippen LogP) is 2.86. The summed E-state index contributed by atoms with van der Waals surface area (Å²) in [5.41, 5.74) is 2.75. The van der Waals surface area contributed by atoms with E-state index < -0.39 is 5.97 Å². The zero-order chi connectivity index (χ0) is 17.8. The van der Waals surface area contributed by atoms with E-state index in [0.29, 0.717) is 16.8 Å². The number of amides is 1. The van der Waals surface area contributed by atoms with Gasteiger partial charge in [0, 0.05) is 18.2 Å². The maximum atomic E-state index is 12.0. The predicted molar refractivity (Wildman–Crippen MR) is 92.5 cm³/mol. The van der Waals surface area contributed by atoms with Crippen LogP contribution in [0.3, 0.4) is 0 Å². The number of rotatable bonds is 3. The van der Waals surface area contributed by atoms with Crippen molar-refractivity contribution in [1.82, 2.24) is 0 Å². The van der Waals surface area contributed by atoms with E-state index in [4.69, 9.17) is 10.00 Å². The number of carbonyl (C=O) groups is 2. The van der Waals surface area contributed by atoms with Crippen LogP contribution in [0.25, 0.3) is 6.08 Å². The van der Waals surface area contributed by atoms with Crippen LogP contribution in [-0.4, -0.2) is 17.8 Å². The van der Waals surface area contributed by atoms with Crippen molar-refractivity contribution in [2.24, 2.45) is 4.99 Å². The molecule has 2 aromatic rings. The fraction of sp³-hybridized carbons (Fsp3) is 0.0526. The van der Waals surface area contributed by atoms with Crippen LogP contribution in [-0.2, 0) is 14.3 Å². The van der Waals surface area contributed by atoms with E-state index in [1.807, 2.05) is 6.07 Å². The molecule has 0 radical (unpaired) electrons. The molecule has 0 saturated carbocycles. The third-order valence-corrected chi connectivity index (χ3v) is 3.42. The lowest BCUT2D eigenvalue weighted by Crippen LogP contribution is -2.07. The van der Waals surface area contributed by atoms with Crippen LogP contribution in [0, 0.1) is 11.3 Å². The van der Waals surface area contributed by atoms with Crippen molar-refractivity contribution in [3.63, 3.8) is 0 Å². The van der Waals surface area contributed by atoms with Gasteiger partial charge in [-0.1, -0.05) is 12.1 Å². The van der Waals surface area contributed by atoms with Crippen molar-refractivity contribution in [2.75, 3.05) is 5.32 Å². The van der Waals surface area contributed by atoms with Crippen molar-refractivity contribution < 1.29 is 14.3 Å². The number of esters is 1. The number of cyclic esters (lactones) is 1.